The molecule has 1 amide bonds. The molecule has 0 aromatic heterocycles. The number of ether oxygens (including phenoxy) is 3. The van der Waals surface area contributed by atoms with Crippen molar-refractivity contribution in [1.82, 2.24) is 14.7 Å². The summed E-state index contributed by atoms with van der Waals surface area (Å²) in [5.41, 5.74) is 0.954. The molecule has 2 aliphatic heterocycles. The molecule has 2 saturated heterocycles. The van der Waals surface area contributed by atoms with Crippen molar-refractivity contribution < 1.29 is 19.0 Å². The molecular weight excluding hydrogens is 378 g/mol. The lowest BCUT2D eigenvalue weighted by Gasteiger charge is -2.33. The summed E-state index contributed by atoms with van der Waals surface area (Å²) >= 11 is 1.64. The lowest BCUT2D eigenvalue weighted by molar-refractivity contribution is -0.128. The number of nitrogens with zero attached hydrogens (tertiary/aromatic N) is 3. The maximum Gasteiger partial charge on any atom is 0.233 e. The van der Waals surface area contributed by atoms with Crippen LogP contribution in [0.25, 0.3) is 0 Å². The number of methoxy groups -OCH3 is 3. The third kappa shape index (κ3) is 4.50. The lowest BCUT2D eigenvalue weighted by Crippen LogP contribution is -2.45. The van der Waals surface area contributed by atoms with Crippen LogP contribution in [-0.2, 0) is 4.79 Å². The number of piperazine rings is 1. The summed E-state index contributed by atoms with van der Waals surface area (Å²) < 4.78 is 16.5. The van der Waals surface area contributed by atoms with Gasteiger partial charge < -0.3 is 28.9 Å². The molecule has 1 aromatic rings. The van der Waals surface area contributed by atoms with E-state index in [4.69, 9.17) is 14.2 Å². The van der Waals surface area contributed by atoms with E-state index in [1.165, 1.54) is 0 Å². The highest BCUT2D eigenvalue weighted by atomic mass is 32.2. The first-order valence-corrected chi connectivity index (χ1v) is 10.7. The van der Waals surface area contributed by atoms with Gasteiger partial charge in [-0.15, -0.1) is 11.8 Å². The summed E-state index contributed by atoms with van der Waals surface area (Å²) in [6.07, 6.45) is 0.974. The van der Waals surface area contributed by atoms with Gasteiger partial charge in [-0.05, 0) is 32.1 Å². The first-order chi connectivity index (χ1) is 13.6. The van der Waals surface area contributed by atoms with Crippen LogP contribution in [-0.4, -0.2) is 94.0 Å². The molecule has 156 valence electrons. The van der Waals surface area contributed by atoms with E-state index in [9.17, 15) is 4.79 Å². The van der Waals surface area contributed by atoms with Crippen LogP contribution >= 0.6 is 11.8 Å². The summed E-state index contributed by atoms with van der Waals surface area (Å²) in [5.74, 6) is 2.51. The quantitative estimate of drug-likeness (QED) is 0.650. The van der Waals surface area contributed by atoms with E-state index in [0.29, 0.717) is 23.0 Å². The van der Waals surface area contributed by atoms with E-state index in [0.717, 1.165) is 51.3 Å². The van der Waals surface area contributed by atoms with Crippen LogP contribution in [0.1, 0.15) is 17.4 Å². The van der Waals surface area contributed by atoms with Gasteiger partial charge in [-0.3, -0.25) is 4.79 Å². The molecule has 0 radical (unpaired) electrons. The number of thioether (sulfide) groups is 1. The van der Waals surface area contributed by atoms with Gasteiger partial charge in [0.1, 0.15) is 5.37 Å². The fraction of sp³-hybridized carbons (Fsp3) is 0.650. The molecule has 1 unspecified atom stereocenters. The van der Waals surface area contributed by atoms with E-state index in [1.54, 1.807) is 33.1 Å². The lowest BCUT2D eigenvalue weighted by atomic mass is 10.1. The Kier molecular flexibility index (Phi) is 7.31. The summed E-state index contributed by atoms with van der Waals surface area (Å²) in [7, 11) is 7.00. The van der Waals surface area contributed by atoms with Gasteiger partial charge in [-0.1, -0.05) is 0 Å². The molecule has 7 nitrogen and oxygen atoms in total. The van der Waals surface area contributed by atoms with Crippen LogP contribution in [0.2, 0.25) is 0 Å². The Morgan fingerprint density at radius 1 is 1.00 bits per heavy atom. The Hall–Kier alpha value is -1.64. The number of carbonyl (C=O) groups is 1. The van der Waals surface area contributed by atoms with Crippen molar-refractivity contribution in [2.45, 2.75) is 11.8 Å². The molecule has 3 rings (SSSR count). The molecule has 2 aliphatic rings. The number of likely N-dealkylation sites (N-methyl/N-ethyl adjacent to an activating group) is 1. The minimum atomic E-state index is -0.0604. The number of benzene rings is 1. The maximum atomic E-state index is 12.5. The van der Waals surface area contributed by atoms with E-state index >= 15 is 0 Å². The van der Waals surface area contributed by atoms with Crippen molar-refractivity contribution in [3.63, 3.8) is 0 Å². The zero-order valence-electron chi connectivity index (χ0n) is 17.3. The maximum absolute atomic E-state index is 12.5. The van der Waals surface area contributed by atoms with Crippen molar-refractivity contribution in [3.8, 4) is 17.2 Å². The number of rotatable bonds is 8. The molecule has 8 heteroatoms. The standard InChI is InChI=1S/C20H31N3O4S/c1-21-10-12-22(13-11-21)8-5-9-23-17(24)14-28-20(23)15-6-7-16(25-2)19(27-4)18(15)26-3/h6-7,20H,5,8-14H2,1-4H3. The van der Waals surface area contributed by atoms with Crippen molar-refractivity contribution in [1.29, 1.82) is 0 Å². The Bertz CT molecular complexity index is 680. The summed E-state index contributed by atoms with van der Waals surface area (Å²) in [4.78, 5) is 19.4. The first kappa shape index (κ1) is 21.1. The molecule has 1 atom stereocenters. The second-order valence-electron chi connectivity index (χ2n) is 7.17. The van der Waals surface area contributed by atoms with Gasteiger partial charge in [0.2, 0.25) is 11.7 Å². The molecule has 0 saturated carbocycles. The van der Waals surface area contributed by atoms with E-state index in [-0.39, 0.29) is 11.3 Å². The Morgan fingerprint density at radius 2 is 1.71 bits per heavy atom. The van der Waals surface area contributed by atoms with Gasteiger partial charge in [-0.25, -0.2) is 0 Å². The molecule has 2 fully saturated rings. The molecule has 0 N–H and O–H groups in total. The smallest absolute Gasteiger partial charge is 0.233 e. The Labute approximate surface area is 171 Å². The molecule has 0 bridgehead atoms. The van der Waals surface area contributed by atoms with Crippen LogP contribution < -0.4 is 14.2 Å². The van der Waals surface area contributed by atoms with Gasteiger partial charge in [0.05, 0.1) is 27.1 Å². The summed E-state index contributed by atoms with van der Waals surface area (Å²) in [6.45, 7) is 6.21. The number of hydrogen-bond acceptors (Lipinski definition) is 7. The first-order valence-electron chi connectivity index (χ1n) is 9.69. The number of amides is 1. The van der Waals surface area contributed by atoms with Crippen LogP contribution in [0.3, 0.4) is 0 Å². The zero-order valence-corrected chi connectivity index (χ0v) is 18.1. The molecule has 0 aliphatic carbocycles. The Balaban J connectivity index is 1.70. The molecular formula is C20H31N3O4S. The molecule has 0 spiro atoms. The monoisotopic (exact) mass is 409 g/mol. The van der Waals surface area contributed by atoms with Crippen LogP contribution in [0.15, 0.2) is 12.1 Å². The summed E-state index contributed by atoms with van der Waals surface area (Å²) in [6, 6.07) is 3.85. The number of carbonyl (C=O) groups excluding carboxylic acids is 1. The average molecular weight is 410 g/mol. The van der Waals surface area contributed by atoms with E-state index in [1.807, 2.05) is 17.0 Å². The average Bonchev–Trinajstić information content (AvgIpc) is 3.08. The van der Waals surface area contributed by atoms with Gasteiger partial charge in [0.15, 0.2) is 11.5 Å². The topological polar surface area (TPSA) is 54.5 Å². The van der Waals surface area contributed by atoms with Crippen molar-refractivity contribution >= 4 is 17.7 Å². The van der Waals surface area contributed by atoms with Crippen molar-refractivity contribution in [3.05, 3.63) is 17.7 Å². The van der Waals surface area contributed by atoms with Crippen LogP contribution in [0.5, 0.6) is 17.2 Å². The van der Waals surface area contributed by atoms with Crippen molar-refractivity contribution in [2.75, 3.05) is 73.4 Å². The van der Waals surface area contributed by atoms with Gasteiger partial charge in [0, 0.05) is 38.3 Å². The minimum Gasteiger partial charge on any atom is -0.493 e. The third-order valence-electron chi connectivity index (χ3n) is 5.44. The fourth-order valence-electron chi connectivity index (χ4n) is 3.81. The highest BCUT2D eigenvalue weighted by Crippen LogP contribution is 2.48. The highest BCUT2D eigenvalue weighted by molar-refractivity contribution is 8.00. The Morgan fingerprint density at radius 3 is 2.36 bits per heavy atom. The van der Waals surface area contributed by atoms with Crippen LogP contribution in [0, 0.1) is 0 Å². The SMILES string of the molecule is COc1ccc(C2SCC(=O)N2CCCN2CCN(C)CC2)c(OC)c1OC. The van der Waals surface area contributed by atoms with E-state index in [2.05, 4.69) is 16.8 Å². The third-order valence-corrected chi connectivity index (χ3v) is 6.68. The second-order valence-corrected chi connectivity index (χ2v) is 8.24. The zero-order chi connectivity index (χ0) is 20.1. The van der Waals surface area contributed by atoms with E-state index < -0.39 is 0 Å². The normalized spacial score (nSPS) is 21.2. The van der Waals surface area contributed by atoms with Crippen molar-refractivity contribution in [2.24, 2.45) is 0 Å². The second kappa shape index (κ2) is 9.71. The van der Waals surface area contributed by atoms with Gasteiger partial charge in [0.25, 0.3) is 0 Å². The molecule has 2 heterocycles. The van der Waals surface area contributed by atoms with Crippen LogP contribution in [0.4, 0.5) is 0 Å². The summed E-state index contributed by atoms with van der Waals surface area (Å²) in [5, 5.41) is -0.0604. The van der Waals surface area contributed by atoms with Gasteiger partial charge in [-0.2, -0.15) is 0 Å². The fourth-order valence-corrected chi connectivity index (χ4v) is 5.04. The highest BCUT2D eigenvalue weighted by Gasteiger charge is 2.35. The molecule has 28 heavy (non-hydrogen) atoms. The number of hydrogen-bond donors (Lipinski definition) is 0. The minimum absolute atomic E-state index is 0.0604. The predicted octanol–water partition coefficient (Wildman–Crippen LogP) is 1.92. The largest absolute Gasteiger partial charge is 0.493 e. The van der Waals surface area contributed by atoms with Gasteiger partial charge >= 0.3 is 0 Å². The predicted molar refractivity (Wildman–Crippen MR) is 112 cm³/mol. The molecule has 1 aromatic carbocycles.